The Balaban J connectivity index is 1.99. The number of aromatic nitrogens is 2. The molecule has 1 heterocycles. The number of nitrogens with zero attached hydrogens (tertiary/aromatic N) is 2. The van der Waals surface area contributed by atoms with Crippen LogP contribution in [0.5, 0.6) is 5.88 Å². The van der Waals surface area contributed by atoms with E-state index in [0.29, 0.717) is 12.2 Å². The van der Waals surface area contributed by atoms with Gasteiger partial charge in [0.2, 0.25) is 11.7 Å². The first-order valence-electron chi connectivity index (χ1n) is 5.20. The molecule has 98 valence electrons. The fourth-order valence-corrected chi connectivity index (χ4v) is 2.17. The topological polar surface area (TPSA) is 76.1 Å². The first-order valence-corrected chi connectivity index (χ1v) is 5.95. The number of carbonyl (C=O) groups excluding carboxylic acids is 1. The Bertz CT molecular complexity index is 483. The first-order chi connectivity index (χ1) is 8.40. The second kappa shape index (κ2) is 4.44. The van der Waals surface area contributed by atoms with Gasteiger partial charge in [-0.15, -0.1) is 23.2 Å². The number of ether oxygens (including phenoxy) is 1. The number of hydrogen-bond donors (Lipinski definition) is 2. The summed E-state index contributed by atoms with van der Waals surface area (Å²) in [6.07, 6.45) is 3.37. The Morgan fingerprint density at radius 3 is 2.61 bits per heavy atom. The van der Waals surface area contributed by atoms with Gasteiger partial charge in [-0.2, -0.15) is 0 Å². The molecule has 0 spiro atoms. The number of rotatable bonds is 4. The quantitative estimate of drug-likeness (QED) is 0.649. The fourth-order valence-electron chi connectivity index (χ4n) is 1.46. The zero-order valence-electron chi connectivity index (χ0n) is 9.83. The summed E-state index contributed by atoms with van der Waals surface area (Å²) < 4.78 is 3.97. The Kier molecular flexibility index (Phi) is 3.25. The molecule has 8 heteroatoms. The van der Waals surface area contributed by atoms with Gasteiger partial charge in [-0.25, -0.2) is 9.97 Å². The zero-order valence-corrected chi connectivity index (χ0v) is 11.3. The summed E-state index contributed by atoms with van der Waals surface area (Å²) in [5.41, 5.74) is 4.33. The molecule has 18 heavy (non-hydrogen) atoms. The average molecular weight is 291 g/mol. The van der Waals surface area contributed by atoms with Crippen LogP contribution in [0.25, 0.3) is 0 Å². The van der Waals surface area contributed by atoms with Crippen molar-refractivity contribution in [2.75, 3.05) is 12.5 Å². The van der Waals surface area contributed by atoms with Gasteiger partial charge in [0.15, 0.2) is 0 Å². The monoisotopic (exact) mass is 290 g/mol. The molecule has 1 aromatic rings. The highest BCUT2D eigenvalue weighted by molar-refractivity contribution is 6.53. The first kappa shape index (κ1) is 13.2. The van der Waals surface area contributed by atoms with Crippen LogP contribution in [0.1, 0.15) is 13.3 Å². The molecule has 0 aromatic carbocycles. The number of anilines is 1. The van der Waals surface area contributed by atoms with E-state index in [9.17, 15) is 4.79 Å². The standard InChI is InChI=1S/C10H12Cl2N4O2/c1-9(5-10(9,11)12)8(17)16-15-6-7(18-2)14-4-3-13-6/h3-4H,5H2,1-2H3,(H,13,15)(H,16,17)/t9-/m1/s1. The van der Waals surface area contributed by atoms with E-state index in [2.05, 4.69) is 20.8 Å². The van der Waals surface area contributed by atoms with Crippen LogP contribution >= 0.6 is 23.2 Å². The van der Waals surface area contributed by atoms with Crippen molar-refractivity contribution in [3.8, 4) is 5.88 Å². The second-order valence-corrected chi connectivity index (χ2v) is 5.69. The van der Waals surface area contributed by atoms with Crippen molar-refractivity contribution in [3.05, 3.63) is 12.4 Å². The van der Waals surface area contributed by atoms with Crippen LogP contribution in [-0.4, -0.2) is 27.3 Å². The van der Waals surface area contributed by atoms with Gasteiger partial charge in [0.1, 0.15) is 4.33 Å². The molecule has 0 aliphatic heterocycles. The van der Waals surface area contributed by atoms with Crippen LogP contribution in [0.4, 0.5) is 5.82 Å². The summed E-state index contributed by atoms with van der Waals surface area (Å²) in [6, 6.07) is 0. The molecule has 1 amide bonds. The number of hydrazine groups is 1. The van der Waals surface area contributed by atoms with Crippen LogP contribution in [-0.2, 0) is 4.79 Å². The minimum Gasteiger partial charge on any atom is -0.478 e. The van der Waals surface area contributed by atoms with E-state index in [4.69, 9.17) is 27.9 Å². The predicted molar refractivity (Wildman–Crippen MR) is 67.5 cm³/mol. The van der Waals surface area contributed by atoms with E-state index in [1.54, 1.807) is 6.92 Å². The number of carbonyl (C=O) groups is 1. The minimum atomic E-state index is -1.01. The van der Waals surface area contributed by atoms with Gasteiger partial charge in [-0.05, 0) is 13.3 Å². The van der Waals surface area contributed by atoms with Gasteiger partial charge in [0.05, 0.1) is 12.5 Å². The fraction of sp³-hybridized carbons (Fsp3) is 0.500. The third-order valence-corrected chi connectivity index (χ3v) is 4.01. The van der Waals surface area contributed by atoms with Crippen LogP contribution in [0.15, 0.2) is 12.4 Å². The third-order valence-electron chi connectivity index (χ3n) is 2.91. The molecule has 6 nitrogen and oxygen atoms in total. The smallest absolute Gasteiger partial charge is 0.258 e. The van der Waals surface area contributed by atoms with Crippen LogP contribution in [0.3, 0.4) is 0 Å². The summed E-state index contributed by atoms with van der Waals surface area (Å²) in [5, 5.41) is 0. The van der Waals surface area contributed by atoms with Crippen LogP contribution < -0.4 is 15.6 Å². The lowest BCUT2D eigenvalue weighted by Gasteiger charge is -2.14. The van der Waals surface area contributed by atoms with Gasteiger partial charge >= 0.3 is 0 Å². The number of hydrogen-bond acceptors (Lipinski definition) is 5. The average Bonchev–Trinajstić information content (AvgIpc) is 2.87. The molecule has 1 atom stereocenters. The summed E-state index contributed by atoms with van der Waals surface area (Å²) >= 11 is 11.8. The Labute approximate surface area is 114 Å². The lowest BCUT2D eigenvalue weighted by molar-refractivity contribution is -0.125. The van der Waals surface area contributed by atoms with Crippen molar-refractivity contribution in [2.24, 2.45) is 5.41 Å². The Morgan fingerprint density at radius 1 is 1.44 bits per heavy atom. The van der Waals surface area contributed by atoms with E-state index in [1.807, 2.05) is 0 Å². The second-order valence-electron chi connectivity index (χ2n) is 4.21. The number of halogens is 2. The Hall–Kier alpha value is -1.27. The van der Waals surface area contributed by atoms with E-state index in [1.165, 1.54) is 19.5 Å². The summed E-state index contributed by atoms with van der Waals surface area (Å²) in [6.45, 7) is 1.69. The highest BCUT2D eigenvalue weighted by Crippen LogP contribution is 2.63. The van der Waals surface area contributed by atoms with E-state index >= 15 is 0 Å². The maximum Gasteiger partial charge on any atom is 0.258 e. The summed E-state index contributed by atoms with van der Waals surface area (Å²) in [4.78, 5) is 19.8. The van der Waals surface area contributed by atoms with Crippen molar-refractivity contribution in [2.45, 2.75) is 17.7 Å². The van der Waals surface area contributed by atoms with Gasteiger partial charge in [0.25, 0.3) is 5.88 Å². The molecule has 0 unspecified atom stereocenters. The van der Waals surface area contributed by atoms with Crippen LogP contribution in [0, 0.1) is 5.41 Å². The lowest BCUT2D eigenvalue weighted by atomic mass is 10.1. The molecule has 0 saturated heterocycles. The van der Waals surface area contributed by atoms with Crippen molar-refractivity contribution in [1.29, 1.82) is 0 Å². The molecule has 1 fully saturated rings. The maximum atomic E-state index is 11.9. The van der Waals surface area contributed by atoms with Crippen LogP contribution in [0.2, 0.25) is 0 Å². The van der Waals surface area contributed by atoms with Gasteiger partial charge in [0, 0.05) is 12.4 Å². The number of nitrogens with one attached hydrogen (secondary N) is 2. The molecule has 1 saturated carbocycles. The molecule has 1 aliphatic rings. The van der Waals surface area contributed by atoms with Crippen molar-refractivity contribution >= 4 is 34.9 Å². The molecule has 0 radical (unpaired) electrons. The third kappa shape index (κ3) is 2.18. The SMILES string of the molecule is COc1nccnc1NNC(=O)[C@@]1(C)CC1(Cl)Cl. The molecule has 1 aromatic heterocycles. The molecular weight excluding hydrogens is 279 g/mol. The Morgan fingerprint density at radius 2 is 2.06 bits per heavy atom. The van der Waals surface area contributed by atoms with Crippen molar-refractivity contribution in [3.63, 3.8) is 0 Å². The van der Waals surface area contributed by atoms with Gasteiger partial charge < -0.3 is 4.74 Å². The molecular formula is C10H12Cl2N4O2. The highest BCUT2D eigenvalue weighted by Gasteiger charge is 2.68. The zero-order chi connectivity index (χ0) is 13.4. The van der Waals surface area contributed by atoms with E-state index in [-0.39, 0.29) is 11.8 Å². The molecule has 1 aliphatic carbocycles. The van der Waals surface area contributed by atoms with Crippen molar-refractivity contribution in [1.82, 2.24) is 15.4 Å². The van der Waals surface area contributed by atoms with E-state index in [0.717, 1.165) is 0 Å². The number of amides is 1. The molecule has 0 bridgehead atoms. The van der Waals surface area contributed by atoms with Crippen molar-refractivity contribution < 1.29 is 9.53 Å². The maximum absolute atomic E-state index is 11.9. The normalized spacial score (nSPS) is 24.2. The van der Waals surface area contributed by atoms with E-state index < -0.39 is 9.75 Å². The number of methoxy groups -OCH3 is 1. The molecule has 2 N–H and O–H groups in total. The lowest BCUT2D eigenvalue weighted by Crippen LogP contribution is -2.37. The molecule has 2 rings (SSSR count). The summed E-state index contributed by atoms with van der Waals surface area (Å²) in [7, 11) is 1.46. The summed E-state index contributed by atoms with van der Waals surface area (Å²) in [5.74, 6) is 0.286. The minimum absolute atomic E-state index is 0.279. The van der Waals surface area contributed by atoms with Gasteiger partial charge in [-0.1, -0.05) is 0 Å². The number of alkyl halides is 2. The predicted octanol–water partition coefficient (Wildman–Crippen LogP) is 1.51. The highest BCUT2D eigenvalue weighted by atomic mass is 35.5. The largest absolute Gasteiger partial charge is 0.478 e. The van der Waals surface area contributed by atoms with Gasteiger partial charge in [-0.3, -0.25) is 15.6 Å².